The predicted molar refractivity (Wildman–Crippen MR) is 115 cm³/mol. The van der Waals surface area contributed by atoms with Crippen LogP contribution in [-0.2, 0) is 12.8 Å². The Labute approximate surface area is 166 Å². The molecule has 2 aromatic carbocycles. The third kappa shape index (κ3) is 5.63. The van der Waals surface area contributed by atoms with Crippen molar-refractivity contribution in [2.75, 3.05) is 5.32 Å². The van der Waals surface area contributed by atoms with E-state index in [1.165, 1.54) is 11.1 Å². The summed E-state index contributed by atoms with van der Waals surface area (Å²) in [5, 5.41) is 3.17. The van der Waals surface area contributed by atoms with Gasteiger partial charge in [0, 0.05) is 5.69 Å². The van der Waals surface area contributed by atoms with Crippen LogP contribution in [0.3, 0.4) is 0 Å². The van der Waals surface area contributed by atoms with Crippen molar-refractivity contribution in [3.05, 3.63) is 59.7 Å². The molecule has 3 N–H and O–H groups in total. The van der Waals surface area contributed by atoms with Crippen LogP contribution in [0.25, 0.3) is 0 Å². The molecule has 134 valence electrons. The fraction of sp³-hybridized carbons (Fsp3) is 0.350. The Morgan fingerprint density at radius 2 is 1.80 bits per heavy atom. The standard InChI is InChI=1S/C20H25N3O.HI/c1-14(2)24-19-11-9-17(10-12-19)22-20(21)23-18-8-7-15-5-3-4-6-16(15)13-18;/h3-6,9-12,14,18H,7-8,13H2,1-2H3,(H3,21,22,23);1H. The number of rotatable bonds is 4. The second-order valence-corrected chi connectivity index (χ2v) is 6.50. The van der Waals surface area contributed by atoms with Crippen LogP contribution in [0.5, 0.6) is 5.75 Å². The molecule has 0 saturated heterocycles. The molecule has 1 aliphatic rings. The first-order valence-electron chi connectivity index (χ1n) is 8.54. The van der Waals surface area contributed by atoms with Crippen LogP contribution in [-0.4, -0.2) is 18.1 Å². The van der Waals surface area contributed by atoms with E-state index in [1.54, 1.807) is 0 Å². The van der Waals surface area contributed by atoms with Crippen LogP contribution in [0.4, 0.5) is 5.69 Å². The van der Waals surface area contributed by atoms with Crippen LogP contribution >= 0.6 is 24.0 Å². The van der Waals surface area contributed by atoms with E-state index in [1.807, 2.05) is 38.1 Å². The fourth-order valence-corrected chi connectivity index (χ4v) is 3.05. The molecule has 0 heterocycles. The van der Waals surface area contributed by atoms with Crippen molar-refractivity contribution in [2.24, 2.45) is 10.7 Å². The van der Waals surface area contributed by atoms with Crippen molar-refractivity contribution in [1.82, 2.24) is 0 Å². The smallest absolute Gasteiger partial charge is 0.193 e. The molecule has 0 aromatic heterocycles. The molecular weight excluding hydrogens is 425 g/mol. The van der Waals surface area contributed by atoms with Gasteiger partial charge >= 0.3 is 0 Å². The highest BCUT2D eigenvalue weighted by Crippen LogP contribution is 2.23. The second-order valence-electron chi connectivity index (χ2n) is 6.50. The van der Waals surface area contributed by atoms with Crippen molar-refractivity contribution in [3.8, 4) is 5.75 Å². The van der Waals surface area contributed by atoms with Gasteiger partial charge in [0.1, 0.15) is 5.75 Å². The van der Waals surface area contributed by atoms with E-state index in [9.17, 15) is 0 Å². The van der Waals surface area contributed by atoms with E-state index in [-0.39, 0.29) is 36.1 Å². The summed E-state index contributed by atoms with van der Waals surface area (Å²) in [4.78, 5) is 4.65. The SMILES string of the molecule is CC(C)Oc1ccc(NC(N)=NC2CCc3ccccc3C2)cc1.I. The molecule has 0 saturated carbocycles. The summed E-state index contributed by atoms with van der Waals surface area (Å²) in [5.74, 6) is 1.33. The monoisotopic (exact) mass is 451 g/mol. The van der Waals surface area contributed by atoms with E-state index in [2.05, 4.69) is 34.6 Å². The van der Waals surface area contributed by atoms with Crippen molar-refractivity contribution in [3.63, 3.8) is 0 Å². The van der Waals surface area contributed by atoms with Gasteiger partial charge in [-0.15, -0.1) is 24.0 Å². The zero-order chi connectivity index (χ0) is 16.9. The summed E-state index contributed by atoms with van der Waals surface area (Å²) in [5.41, 5.74) is 9.83. The topological polar surface area (TPSA) is 59.6 Å². The minimum Gasteiger partial charge on any atom is -0.491 e. The van der Waals surface area contributed by atoms with Gasteiger partial charge < -0.3 is 15.8 Å². The minimum atomic E-state index is 0. The number of nitrogens with zero attached hydrogens (tertiary/aromatic N) is 1. The molecule has 5 heteroatoms. The lowest BCUT2D eigenvalue weighted by molar-refractivity contribution is 0.242. The van der Waals surface area contributed by atoms with Gasteiger partial charge in [-0.3, -0.25) is 0 Å². The molecule has 0 spiro atoms. The highest BCUT2D eigenvalue weighted by Gasteiger charge is 2.17. The number of nitrogens with two attached hydrogens (primary N) is 1. The van der Waals surface area contributed by atoms with Crippen molar-refractivity contribution in [2.45, 2.75) is 45.3 Å². The predicted octanol–water partition coefficient (Wildman–Crippen LogP) is 4.38. The van der Waals surface area contributed by atoms with Crippen molar-refractivity contribution >= 4 is 35.6 Å². The fourth-order valence-electron chi connectivity index (χ4n) is 3.05. The van der Waals surface area contributed by atoms with Crippen molar-refractivity contribution in [1.29, 1.82) is 0 Å². The summed E-state index contributed by atoms with van der Waals surface area (Å²) in [7, 11) is 0. The zero-order valence-electron chi connectivity index (χ0n) is 14.7. The largest absolute Gasteiger partial charge is 0.491 e. The first-order chi connectivity index (χ1) is 11.6. The lowest BCUT2D eigenvalue weighted by atomic mass is 9.89. The molecule has 0 radical (unpaired) electrons. The number of benzene rings is 2. The maximum absolute atomic E-state index is 6.08. The Hall–Kier alpha value is -1.76. The van der Waals surface area contributed by atoms with Gasteiger partial charge in [0.15, 0.2) is 5.96 Å². The van der Waals surface area contributed by atoms with Gasteiger partial charge in [-0.2, -0.15) is 0 Å². The molecule has 3 rings (SSSR count). The van der Waals surface area contributed by atoms with Gasteiger partial charge in [-0.1, -0.05) is 24.3 Å². The highest BCUT2D eigenvalue weighted by atomic mass is 127. The number of fused-ring (bicyclic) bond motifs is 1. The van der Waals surface area contributed by atoms with E-state index < -0.39 is 0 Å². The summed E-state index contributed by atoms with van der Waals surface area (Å²) in [6, 6.07) is 16.6. The third-order valence-corrected chi connectivity index (χ3v) is 4.14. The van der Waals surface area contributed by atoms with Crippen LogP contribution in [0.2, 0.25) is 0 Å². The third-order valence-electron chi connectivity index (χ3n) is 4.14. The Balaban J connectivity index is 0.00000225. The summed E-state index contributed by atoms with van der Waals surface area (Å²) in [6.45, 7) is 4.03. The first kappa shape index (κ1) is 19.6. The number of guanidine groups is 1. The Kier molecular flexibility index (Phi) is 7.11. The number of nitrogens with one attached hydrogen (secondary N) is 1. The summed E-state index contributed by atoms with van der Waals surface area (Å²) in [6.07, 6.45) is 3.24. The number of anilines is 1. The molecule has 0 fully saturated rings. The van der Waals surface area contributed by atoms with Crippen LogP contribution in [0.1, 0.15) is 31.4 Å². The van der Waals surface area contributed by atoms with E-state index in [0.717, 1.165) is 30.7 Å². The van der Waals surface area contributed by atoms with Gasteiger partial charge in [-0.25, -0.2) is 4.99 Å². The molecule has 1 aliphatic carbocycles. The molecule has 25 heavy (non-hydrogen) atoms. The number of hydrogen-bond donors (Lipinski definition) is 2. The van der Waals surface area contributed by atoms with Gasteiger partial charge in [0.05, 0.1) is 12.1 Å². The maximum Gasteiger partial charge on any atom is 0.193 e. The van der Waals surface area contributed by atoms with Gasteiger partial charge in [0.2, 0.25) is 0 Å². The average molecular weight is 451 g/mol. The van der Waals surface area contributed by atoms with Gasteiger partial charge in [0.25, 0.3) is 0 Å². The van der Waals surface area contributed by atoms with Crippen LogP contribution in [0, 0.1) is 0 Å². The quantitative estimate of drug-likeness (QED) is 0.412. The Morgan fingerprint density at radius 1 is 1.12 bits per heavy atom. The maximum atomic E-state index is 6.08. The molecule has 2 aromatic rings. The number of aliphatic imine (C=N–C) groups is 1. The normalized spacial score (nSPS) is 16.8. The first-order valence-corrected chi connectivity index (χ1v) is 8.54. The van der Waals surface area contributed by atoms with Crippen LogP contribution < -0.4 is 15.8 Å². The van der Waals surface area contributed by atoms with E-state index in [0.29, 0.717) is 5.96 Å². The molecule has 1 atom stereocenters. The minimum absolute atomic E-state index is 0. The lowest BCUT2D eigenvalue weighted by Crippen LogP contribution is -2.27. The molecular formula is C20H26IN3O. The Morgan fingerprint density at radius 3 is 2.48 bits per heavy atom. The van der Waals surface area contributed by atoms with E-state index >= 15 is 0 Å². The average Bonchev–Trinajstić information content (AvgIpc) is 2.56. The van der Waals surface area contributed by atoms with Crippen molar-refractivity contribution < 1.29 is 4.74 Å². The Bertz CT molecular complexity index is 713. The number of aryl methyl sites for hydroxylation is 1. The molecule has 0 aliphatic heterocycles. The summed E-state index contributed by atoms with van der Waals surface area (Å²) < 4.78 is 5.64. The van der Waals surface area contributed by atoms with Crippen LogP contribution in [0.15, 0.2) is 53.5 Å². The second kappa shape index (κ2) is 9.08. The number of ether oxygens (including phenoxy) is 1. The highest BCUT2D eigenvalue weighted by molar-refractivity contribution is 14.0. The summed E-state index contributed by atoms with van der Waals surface area (Å²) >= 11 is 0. The lowest BCUT2D eigenvalue weighted by Gasteiger charge is -2.22. The zero-order valence-corrected chi connectivity index (χ0v) is 17.1. The van der Waals surface area contributed by atoms with Gasteiger partial charge in [-0.05, 0) is 68.5 Å². The number of halogens is 1. The molecule has 0 amide bonds. The molecule has 1 unspecified atom stereocenters. The molecule has 4 nitrogen and oxygen atoms in total. The molecule has 0 bridgehead atoms. The van der Waals surface area contributed by atoms with E-state index in [4.69, 9.17) is 10.5 Å². The number of hydrogen-bond acceptors (Lipinski definition) is 2.